The van der Waals surface area contributed by atoms with E-state index in [0.29, 0.717) is 12.0 Å². The first-order valence-electron chi connectivity index (χ1n) is 7.51. The molecule has 1 aliphatic heterocycles. The van der Waals surface area contributed by atoms with Gasteiger partial charge in [-0.25, -0.2) is 0 Å². The molecule has 4 heteroatoms. The molecule has 1 N–H and O–H groups in total. The number of nitrogens with one attached hydrogen (secondary N) is 1. The molecule has 0 aromatic carbocycles. The summed E-state index contributed by atoms with van der Waals surface area (Å²) in [5.74, 6) is 0.598. The monoisotopic (exact) mass is 275 g/mol. The highest BCUT2D eigenvalue weighted by Gasteiger charge is 2.23. The minimum atomic E-state index is 0.123. The molecule has 0 saturated carbocycles. The molecule has 1 amide bonds. The number of hydrogen-bond donors (Lipinski definition) is 1. The van der Waals surface area contributed by atoms with E-state index in [1.165, 1.54) is 6.42 Å². The first-order valence-corrected chi connectivity index (χ1v) is 7.51. The van der Waals surface area contributed by atoms with Crippen molar-refractivity contribution in [3.8, 4) is 0 Å². The van der Waals surface area contributed by atoms with Gasteiger partial charge in [-0.05, 0) is 44.4 Å². The van der Waals surface area contributed by atoms with Crippen molar-refractivity contribution in [2.45, 2.75) is 39.7 Å². The zero-order valence-electron chi connectivity index (χ0n) is 12.7. The summed E-state index contributed by atoms with van der Waals surface area (Å²) < 4.78 is 0. The van der Waals surface area contributed by atoms with Gasteiger partial charge in [0.25, 0.3) is 5.91 Å². The number of hydrogen-bond acceptors (Lipinski definition) is 3. The predicted molar refractivity (Wildman–Crippen MR) is 80.7 cm³/mol. The van der Waals surface area contributed by atoms with Crippen molar-refractivity contribution >= 4 is 5.91 Å². The van der Waals surface area contributed by atoms with Crippen LogP contribution in [-0.4, -0.2) is 41.5 Å². The molecular weight excluding hydrogens is 250 g/mol. The quantitative estimate of drug-likeness (QED) is 0.896. The summed E-state index contributed by atoms with van der Waals surface area (Å²) in [7, 11) is 0. The van der Waals surface area contributed by atoms with Crippen molar-refractivity contribution < 1.29 is 4.79 Å². The van der Waals surface area contributed by atoms with Crippen LogP contribution >= 0.6 is 0 Å². The standard InChI is InChI=1S/C16H25N3O/c1-12(2)10-19(11-15-5-4-7-18-15)16(20)14-6-8-17-13(3)9-14/h6,8-9,12,15,18H,4-5,7,10-11H2,1-3H3. The molecule has 1 aliphatic rings. The Balaban J connectivity index is 2.10. The number of aromatic nitrogens is 1. The van der Waals surface area contributed by atoms with Gasteiger partial charge in [-0.2, -0.15) is 0 Å². The summed E-state index contributed by atoms with van der Waals surface area (Å²) in [6, 6.07) is 4.13. The summed E-state index contributed by atoms with van der Waals surface area (Å²) in [6.45, 7) is 8.90. The van der Waals surface area contributed by atoms with Crippen LogP contribution in [0, 0.1) is 12.8 Å². The van der Waals surface area contributed by atoms with Gasteiger partial charge < -0.3 is 10.2 Å². The van der Waals surface area contributed by atoms with Crippen molar-refractivity contribution in [2.75, 3.05) is 19.6 Å². The average molecular weight is 275 g/mol. The normalized spacial score (nSPS) is 18.5. The van der Waals surface area contributed by atoms with Crippen LogP contribution in [0.15, 0.2) is 18.3 Å². The summed E-state index contributed by atoms with van der Waals surface area (Å²) in [6.07, 6.45) is 4.09. The smallest absolute Gasteiger partial charge is 0.254 e. The van der Waals surface area contributed by atoms with Gasteiger partial charge in [0.15, 0.2) is 0 Å². The fourth-order valence-electron chi connectivity index (χ4n) is 2.72. The van der Waals surface area contributed by atoms with Crippen LogP contribution in [0.25, 0.3) is 0 Å². The van der Waals surface area contributed by atoms with Gasteiger partial charge in [0.1, 0.15) is 0 Å². The molecule has 0 aliphatic carbocycles. The number of nitrogens with zero attached hydrogens (tertiary/aromatic N) is 2. The van der Waals surface area contributed by atoms with Gasteiger partial charge in [0.2, 0.25) is 0 Å². The number of amides is 1. The maximum atomic E-state index is 12.7. The molecule has 110 valence electrons. The van der Waals surface area contributed by atoms with Crippen LogP contribution in [0.3, 0.4) is 0 Å². The van der Waals surface area contributed by atoms with Crippen LogP contribution in [0.1, 0.15) is 42.7 Å². The Kier molecular flexibility index (Phi) is 5.12. The van der Waals surface area contributed by atoms with Crippen molar-refractivity contribution in [1.29, 1.82) is 0 Å². The molecule has 0 radical (unpaired) electrons. The Bertz CT molecular complexity index is 453. The Morgan fingerprint density at radius 3 is 2.95 bits per heavy atom. The van der Waals surface area contributed by atoms with E-state index in [-0.39, 0.29) is 5.91 Å². The van der Waals surface area contributed by atoms with E-state index in [2.05, 4.69) is 24.1 Å². The van der Waals surface area contributed by atoms with E-state index in [4.69, 9.17) is 0 Å². The fourth-order valence-corrected chi connectivity index (χ4v) is 2.72. The van der Waals surface area contributed by atoms with Crippen molar-refractivity contribution in [2.24, 2.45) is 5.92 Å². The van der Waals surface area contributed by atoms with Crippen LogP contribution < -0.4 is 5.32 Å². The summed E-state index contributed by atoms with van der Waals surface area (Å²) in [5, 5.41) is 3.47. The molecule has 4 nitrogen and oxygen atoms in total. The number of aryl methyl sites for hydroxylation is 1. The Morgan fingerprint density at radius 2 is 2.35 bits per heavy atom. The van der Waals surface area contributed by atoms with Gasteiger partial charge in [-0.1, -0.05) is 13.8 Å². The molecule has 1 saturated heterocycles. The van der Waals surface area contributed by atoms with Crippen LogP contribution in [-0.2, 0) is 0 Å². The lowest BCUT2D eigenvalue weighted by atomic mass is 10.1. The van der Waals surface area contributed by atoms with Crippen LogP contribution in [0.2, 0.25) is 0 Å². The molecule has 2 rings (SSSR count). The minimum Gasteiger partial charge on any atom is -0.337 e. The Labute approximate surface area is 121 Å². The third-order valence-corrected chi connectivity index (χ3v) is 3.62. The molecule has 2 heterocycles. The lowest BCUT2D eigenvalue weighted by molar-refractivity contribution is 0.0721. The van der Waals surface area contributed by atoms with Gasteiger partial charge in [-0.3, -0.25) is 9.78 Å². The third-order valence-electron chi connectivity index (χ3n) is 3.62. The lowest BCUT2D eigenvalue weighted by Crippen LogP contribution is -2.42. The largest absolute Gasteiger partial charge is 0.337 e. The van der Waals surface area contributed by atoms with Crippen molar-refractivity contribution in [3.05, 3.63) is 29.6 Å². The SMILES string of the molecule is Cc1cc(C(=O)N(CC(C)C)CC2CCCN2)ccn1. The molecule has 1 fully saturated rings. The van der Waals surface area contributed by atoms with Gasteiger partial charge in [0.05, 0.1) is 0 Å². The average Bonchev–Trinajstić information content (AvgIpc) is 2.89. The van der Waals surface area contributed by atoms with Crippen molar-refractivity contribution in [3.63, 3.8) is 0 Å². The van der Waals surface area contributed by atoms with E-state index in [1.807, 2.05) is 24.0 Å². The summed E-state index contributed by atoms with van der Waals surface area (Å²) in [5.41, 5.74) is 1.63. The van der Waals surface area contributed by atoms with E-state index in [1.54, 1.807) is 6.20 Å². The molecule has 1 atom stereocenters. The number of rotatable bonds is 5. The van der Waals surface area contributed by atoms with Gasteiger partial charge >= 0.3 is 0 Å². The zero-order chi connectivity index (χ0) is 14.5. The lowest BCUT2D eigenvalue weighted by Gasteiger charge is -2.27. The molecular formula is C16H25N3O. The second kappa shape index (κ2) is 6.84. The number of carbonyl (C=O) groups excluding carboxylic acids is 1. The van der Waals surface area contributed by atoms with Crippen molar-refractivity contribution in [1.82, 2.24) is 15.2 Å². The maximum absolute atomic E-state index is 12.7. The zero-order valence-corrected chi connectivity index (χ0v) is 12.7. The highest BCUT2D eigenvalue weighted by Crippen LogP contribution is 2.13. The minimum absolute atomic E-state index is 0.123. The van der Waals surface area contributed by atoms with Gasteiger partial charge in [-0.15, -0.1) is 0 Å². The van der Waals surface area contributed by atoms with Crippen LogP contribution in [0.5, 0.6) is 0 Å². The molecule has 0 spiro atoms. The van der Waals surface area contributed by atoms with E-state index in [9.17, 15) is 4.79 Å². The predicted octanol–water partition coefficient (Wildman–Crippen LogP) is 2.24. The molecule has 1 unspecified atom stereocenters. The fraction of sp³-hybridized carbons (Fsp3) is 0.625. The topological polar surface area (TPSA) is 45.2 Å². The first kappa shape index (κ1) is 15.0. The molecule has 1 aromatic heterocycles. The Morgan fingerprint density at radius 1 is 1.55 bits per heavy atom. The number of pyridine rings is 1. The highest BCUT2D eigenvalue weighted by molar-refractivity contribution is 5.94. The second-order valence-electron chi connectivity index (χ2n) is 6.08. The number of carbonyl (C=O) groups is 1. The Hall–Kier alpha value is -1.42. The third kappa shape index (κ3) is 4.04. The van der Waals surface area contributed by atoms with E-state index in [0.717, 1.165) is 37.3 Å². The first-order chi connectivity index (χ1) is 9.56. The van der Waals surface area contributed by atoms with Crippen LogP contribution in [0.4, 0.5) is 0 Å². The summed E-state index contributed by atoms with van der Waals surface area (Å²) in [4.78, 5) is 18.8. The second-order valence-corrected chi connectivity index (χ2v) is 6.08. The molecule has 20 heavy (non-hydrogen) atoms. The molecule has 0 bridgehead atoms. The molecule has 1 aromatic rings. The summed E-state index contributed by atoms with van der Waals surface area (Å²) >= 11 is 0. The van der Waals surface area contributed by atoms with E-state index >= 15 is 0 Å². The maximum Gasteiger partial charge on any atom is 0.254 e. The van der Waals surface area contributed by atoms with E-state index < -0.39 is 0 Å². The highest BCUT2D eigenvalue weighted by atomic mass is 16.2. The van der Waals surface area contributed by atoms with Gasteiger partial charge in [0, 0.05) is 36.6 Å².